The standard InChI is InChI=1S/C22H29N3O2/c1-26-20-5-6-21(27-16-19-4-2-3-10-24-19)18(14-20)15-25-13-9-22(17-25)7-11-23-12-8-22/h2-6,10,14,23H,7-9,11-13,15-17H2,1H3. The van der Waals surface area contributed by atoms with Gasteiger partial charge in [0.25, 0.3) is 0 Å². The number of ether oxygens (including phenoxy) is 2. The van der Waals surface area contributed by atoms with E-state index in [4.69, 9.17) is 9.47 Å². The Balaban J connectivity index is 1.45. The van der Waals surface area contributed by atoms with Gasteiger partial charge in [0, 0.05) is 24.8 Å². The van der Waals surface area contributed by atoms with Gasteiger partial charge in [-0.15, -0.1) is 0 Å². The van der Waals surface area contributed by atoms with Crippen LogP contribution < -0.4 is 14.8 Å². The molecule has 0 unspecified atom stereocenters. The minimum atomic E-state index is 0.482. The van der Waals surface area contributed by atoms with Crippen LogP contribution in [0.25, 0.3) is 0 Å². The molecule has 0 saturated carbocycles. The second kappa shape index (κ2) is 8.28. The first-order valence-corrected chi connectivity index (χ1v) is 9.89. The molecule has 0 bridgehead atoms. The highest BCUT2D eigenvalue weighted by molar-refractivity contribution is 5.40. The number of piperidine rings is 1. The topological polar surface area (TPSA) is 46.6 Å². The van der Waals surface area contributed by atoms with E-state index >= 15 is 0 Å². The van der Waals surface area contributed by atoms with Crippen molar-refractivity contribution < 1.29 is 9.47 Å². The minimum absolute atomic E-state index is 0.482. The Labute approximate surface area is 161 Å². The van der Waals surface area contributed by atoms with E-state index in [-0.39, 0.29) is 0 Å². The molecule has 3 heterocycles. The second-order valence-electron chi connectivity index (χ2n) is 7.79. The van der Waals surface area contributed by atoms with Gasteiger partial charge in [-0.25, -0.2) is 0 Å². The van der Waals surface area contributed by atoms with Gasteiger partial charge in [0.1, 0.15) is 18.1 Å². The van der Waals surface area contributed by atoms with E-state index in [2.05, 4.69) is 21.3 Å². The highest BCUT2D eigenvalue weighted by atomic mass is 16.5. The first-order valence-electron chi connectivity index (χ1n) is 9.89. The van der Waals surface area contributed by atoms with E-state index in [0.717, 1.165) is 43.4 Å². The smallest absolute Gasteiger partial charge is 0.130 e. The number of hydrogen-bond donors (Lipinski definition) is 1. The van der Waals surface area contributed by atoms with E-state index in [1.807, 2.05) is 30.3 Å². The summed E-state index contributed by atoms with van der Waals surface area (Å²) in [6.07, 6.45) is 5.70. The Morgan fingerprint density at radius 2 is 2.04 bits per heavy atom. The fraction of sp³-hybridized carbons (Fsp3) is 0.500. The Morgan fingerprint density at radius 1 is 1.15 bits per heavy atom. The number of rotatable bonds is 6. The predicted molar refractivity (Wildman–Crippen MR) is 106 cm³/mol. The van der Waals surface area contributed by atoms with Crippen molar-refractivity contribution in [2.24, 2.45) is 5.41 Å². The molecular weight excluding hydrogens is 338 g/mol. The van der Waals surface area contributed by atoms with Crippen molar-refractivity contribution in [3.8, 4) is 11.5 Å². The summed E-state index contributed by atoms with van der Waals surface area (Å²) in [5.41, 5.74) is 2.64. The number of nitrogens with one attached hydrogen (secondary N) is 1. The van der Waals surface area contributed by atoms with Crippen LogP contribution >= 0.6 is 0 Å². The van der Waals surface area contributed by atoms with Crippen LogP contribution in [0.3, 0.4) is 0 Å². The minimum Gasteiger partial charge on any atom is -0.497 e. The van der Waals surface area contributed by atoms with Crippen LogP contribution in [0.15, 0.2) is 42.6 Å². The molecule has 0 radical (unpaired) electrons. The molecule has 2 fully saturated rings. The van der Waals surface area contributed by atoms with Crippen molar-refractivity contribution in [2.45, 2.75) is 32.4 Å². The number of aromatic nitrogens is 1. The lowest BCUT2D eigenvalue weighted by Gasteiger charge is -2.34. The molecule has 5 nitrogen and oxygen atoms in total. The molecule has 1 N–H and O–H groups in total. The van der Waals surface area contributed by atoms with E-state index < -0.39 is 0 Å². The van der Waals surface area contributed by atoms with Crippen LogP contribution in [-0.4, -0.2) is 43.2 Å². The van der Waals surface area contributed by atoms with Crippen LogP contribution in [0.2, 0.25) is 0 Å². The van der Waals surface area contributed by atoms with Crippen molar-refractivity contribution in [2.75, 3.05) is 33.3 Å². The Kier molecular flexibility index (Phi) is 5.60. The third-order valence-corrected chi connectivity index (χ3v) is 5.94. The number of methoxy groups -OCH3 is 1. The first-order chi connectivity index (χ1) is 13.3. The van der Waals surface area contributed by atoms with Crippen molar-refractivity contribution in [1.82, 2.24) is 15.2 Å². The normalized spacial score (nSPS) is 19.3. The SMILES string of the molecule is COc1ccc(OCc2ccccn2)c(CN2CCC3(CCNCC3)C2)c1. The number of likely N-dealkylation sites (tertiary alicyclic amines) is 1. The summed E-state index contributed by atoms with van der Waals surface area (Å²) < 4.78 is 11.6. The molecule has 2 saturated heterocycles. The van der Waals surface area contributed by atoms with Gasteiger partial charge in [-0.1, -0.05) is 6.07 Å². The fourth-order valence-electron chi connectivity index (χ4n) is 4.35. The largest absolute Gasteiger partial charge is 0.497 e. The molecule has 4 rings (SSSR count). The van der Waals surface area contributed by atoms with Gasteiger partial charge in [0.2, 0.25) is 0 Å². The molecule has 1 aromatic carbocycles. The highest BCUT2D eigenvalue weighted by Crippen LogP contribution is 2.39. The molecular formula is C22H29N3O2. The molecule has 144 valence electrons. The quantitative estimate of drug-likeness (QED) is 0.849. The second-order valence-corrected chi connectivity index (χ2v) is 7.79. The molecule has 2 aliphatic rings. The molecule has 0 aliphatic carbocycles. The number of pyridine rings is 1. The van der Waals surface area contributed by atoms with Gasteiger partial charge in [0.15, 0.2) is 0 Å². The maximum atomic E-state index is 6.12. The Morgan fingerprint density at radius 3 is 2.81 bits per heavy atom. The number of benzene rings is 1. The van der Waals surface area contributed by atoms with E-state index in [1.165, 1.54) is 31.4 Å². The Hall–Kier alpha value is -2.11. The van der Waals surface area contributed by atoms with E-state index in [0.29, 0.717) is 12.0 Å². The molecule has 2 aromatic rings. The molecule has 1 aromatic heterocycles. The first kappa shape index (κ1) is 18.3. The van der Waals surface area contributed by atoms with Crippen LogP contribution in [0.1, 0.15) is 30.5 Å². The Bertz CT molecular complexity index is 744. The molecule has 0 amide bonds. The van der Waals surface area contributed by atoms with Crippen molar-refractivity contribution >= 4 is 0 Å². The average Bonchev–Trinajstić information content (AvgIpc) is 3.10. The zero-order valence-corrected chi connectivity index (χ0v) is 16.1. The monoisotopic (exact) mass is 367 g/mol. The number of hydrogen-bond acceptors (Lipinski definition) is 5. The molecule has 5 heteroatoms. The summed E-state index contributed by atoms with van der Waals surface area (Å²) in [4.78, 5) is 6.93. The lowest BCUT2D eigenvalue weighted by molar-refractivity contribution is 0.192. The lowest BCUT2D eigenvalue weighted by Crippen LogP contribution is -2.38. The number of nitrogens with zero attached hydrogens (tertiary/aromatic N) is 2. The maximum absolute atomic E-state index is 6.12. The average molecular weight is 367 g/mol. The molecule has 0 atom stereocenters. The van der Waals surface area contributed by atoms with Crippen LogP contribution in [0, 0.1) is 5.41 Å². The zero-order valence-electron chi connectivity index (χ0n) is 16.1. The van der Waals surface area contributed by atoms with Crippen LogP contribution in [0.4, 0.5) is 0 Å². The van der Waals surface area contributed by atoms with Gasteiger partial charge in [-0.3, -0.25) is 9.88 Å². The van der Waals surface area contributed by atoms with E-state index in [1.54, 1.807) is 13.3 Å². The highest BCUT2D eigenvalue weighted by Gasteiger charge is 2.38. The summed E-state index contributed by atoms with van der Waals surface area (Å²) in [6, 6.07) is 12.0. The lowest BCUT2D eigenvalue weighted by atomic mass is 9.78. The maximum Gasteiger partial charge on any atom is 0.130 e. The van der Waals surface area contributed by atoms with Gasteiger partial charge >= 0.3 is 0 Å². The van der Waals surface area contributed by atoms with Crippen molar-refractivity contribution in [3.63, 3.8) is 0 Å². The summed E-state index contributed by atoms with van der Waals surface area (Å²) in [6.45, 7) is 6.05. The van der Waals surface area contributed by atoms with Crippen LogP contribution in [0.5, 0.6) is 11.5 Å². The van der Waals surface area contributed by atoms with Gasteiger partial charge in [-0.2, -0.15) is 0 Å². The van der Waals surface area contributed by atoms with Crippen molar-refractivity contribution in [1.29, 1.82) is 0 Å². The molecule has 2 aliphatic heterocycles. The zero-order chi connectivity index (χ0) is 18.5. The summed E-state index contributed by atoms with van der Waals surface area (Å²) in [5.74, 6) is 1.80. The summed E-state index contributed by atoms with van der Waals surface area (Å²) in [7, 11) is 1.72. The molecule has 1 spiro atoms. The summed E-state index contributed by atoms with van der Waals surface area (Å²) in [5, 5.41) is 3.50. The predicted octanol–water partition coefficient (Wildman–Crippen LogP) is 3.24. The molecule has 27 heavy (non-hydrogen) atoms. The van der Waals surface area contributed by atoms with Gasteiger partial charge < -0.3 is 14.8 Å². The fourth-order valence-corrected chi connectivity index (χ4v) is 4.35. The van der Waals surface area contributed by atoms with Gasteiger partial charge in [-0.05, 0) is 74.6 Å². The van der Waals surface area contributed by atoms with Crippen molar-refractivity contribution in [3.05, 3.63) is 53.9 Å². The van der Waals surface area contributed by atoms with Crippen LogP contribution in [-0.2, 0) is 13.2 Å². The third-order valence-electron chi connectivity index (χ3n) is 5.94. The van der Waals surface area contributed by atoms with E-state index in [9.17, 15) is 0 Å². The summed E-state index contributed by atoms with van der Waals surface area (Å²) >= 11 is 0. The third kappa shape index (κ3) is 4.42. The van der Waals surface area contributed by atoms with Gasteiger partial charge in [0.05, 0.1) is 12.8 Å².